The lowest BCUT2D eigenvalue weighted by atomic mass is 9.85. The average Bonchev–Trinajstić information content (AvgIpc) is 3.31. The minimum Gasteiger partial charge on any atom is -0.377 e. The van der Waals surface area contributed by atoms with Crippen LogP contribution < -0.4 is 10.2 Å². The van der Waals surface area contributed by atoms with Crippen LogP contribution in [0.2, 0.25) is 0 Å². The van der Waals surface area contributed by atoms with Crippen molar-refractivity contribution in [1.82, 2.24) is 4.90 Å². The van der Waals surface area contributed by atoms with E-state index in [-0.39, 0.29) is 23.8 Å². The zero-order chi connectivity index (χ0) is 23.4. The fourth-order valence-corrected chi connectivity index (χ4v) is 4.84. The quantitative estimate of drug-likeness (QED) is 0.451. The van der Waals surface area contributed by atoms with Gasteiger partial charge in [-0.3, -0.25) is 9.59 Å². The molecule has 0 bridgehead atoms. The van der Waals surface area contributed by atoms with Crippen molar-refractivity contribution in [3.8, 4) is 0 Å². The number of thiophene rings is 1. The van der Waals surface area contributed by atoms with Crippen LogP contribution in [0.3, 0.4) is 0 Å². The molecule has 1 unspecified atom stereocenters. The van der Waals surface area contributed by atoms with Gasteiger partial charge in [-0.25, -0.2) is 0 Å². The molecular formula is C27H31N3O2S. The molecule has 3 aromatic rings. The highest BCUT2D eigenvalue weighted by atomic mass is 32.1. The Labute approximate surface area is 200 Å². The highest BCUT2D eigenvalue weighted by molar-refractivity contribution is 7.12. The Kier molecular flexibility index (Phi) is 7.14. The molecule has 6 heteroatoms. The molecule has 0 radical (unpaired) electrons. The van der Waals surface area contributed by atoms with Crippen molar-refractivity contribution in [3.05, 3.63) is 82.0 Å². The molecule has 1 heterocycles. The topological polar surface area (TPSA) is 52.7 Å². The zero-order valence-corrected chi connectivity index (χ0v) is 20.3. The number of anilines is 2. The number of carbonyl (C=O) groups excluding carboxylic acids is 2. The molecule has 172 valence electrons. The van der Waals surface area contributed by atoms with E-state index in [9.17, 15) is 9.59 Å². The van der Waals surface area contributed by atoms with Crippen LogP contribution in [0.25, 0.3) is 0 Å². The maximum atomic E-state index is 13.6. The summed E-state index contributed by atoms with van der Waals surface area (Å²) in [6.45, 7) is 2.51. The van der Waals surface area contributed by atoms with Crippen LogP contribution in [0.1, 0.15) is 53.0 Å². The molecular weight excluding hydrogens is 430 g/mol. The second-order valence-electron chi connectivity index (χ2n) is 8.85. The molecule has 2 amide bonds. The van der Waals surface area contributed by atoms with Crippen molar-refractivity contribution in [2.45, 2.75) is 38.8 Å². The molecule has 1 atom stereocenters. The number of rotatable bonds is 8. The van der Waals surface area contributed by atoms with Gasteiger partial charge in [-0.1, -0.05) is 42.8 Å². The minimum atomic E-state index is -0.107. The third-order valence-corrected chi connectivity index (χ3v) is 7.25. The largest absolute Gasteiger partial charge is 0.377 e. The van der Waals surface area contributed by atoms with Crippen LogP contribution >= 0.6 is 11.3 Å². The third-order valence-electron chi connectivity index (χ3n) is 6.39. The van der Waals surface area contributed by atoms with Crippen molar-refractivity contribution in [1.29, 1.82) is 0 Å². The van der Waals surface area contributed by atoms with Gasteiger partial charge in [-0.15, -0.1) is 11.3 Å². The second-order valence-corrected chi connectivity index (χ2v) is 9.80. The summed E-state index contributed by atoms with van der Waals surface area (Å²) >= 11 is 1.46. The molecule has 1 aliphatic carbocycles. The monoisotopic (exact) mass is 461 g/mol. The van der Waals surface area contributed by atoms with Gasteiger partial charge in [-0.05, 0) is 60.5 Å². The van der Waals surface area contributed by atoms with E-state index in [4.69, 9.17) is 0 Å². The molecule has 5 nitrogen and oxygen atoms in total. The van der Waals surface area contributed by atoms with Gasteiger partial charge in [0.25, 0.3) is 5.91 Å². The van der Waals surface area contributed by atoms with Gasteiger partial charge in [0.2, 0.25) is 5.91 Å². The molecule has 4 rings (SSSR count). The molecule has 0 spiro atoms. The number of nitrogens with zero attached hydrogens (tertiary/aromatic N) is 2. The Morgan fingerprint density at radius 2 is 1.82 bits per heavy atom. The van der Waals surface area contributed by atoms with Gasteiger partial charge < -0.3 is 15.1 Å². The van der Waals surface area contributed by atoms with Gasteiger partial charge in [0.15, 0.2) is 0 Å². The Bertz CT molecular complexity index is 1090. The zero-order valence-electron chi connectivity index (χ0n) is 19.5. The van der Waals surface area contributed by atoms with Crippen LogP contribution in [0, 0.1) is 5.92 Å². The van der Waals surface area contributed by atoms with E-state index in [0.29, 0.717) is 6.54 Å². The van der Waals surface area contributed by atoms with E-state index in [0.717, 1.165) is 46.6 Å². The highest BCUT2D eigenvalue weighted by Gasteiger charge is 2.27. The van der Waals surface area contributed by atoms with Crippen LogP contribution in [0.15, 0.2) is 66.0 Å². The molecule has 2 aromatic carbocycles. The van der Waals surface area contributed by atoms with Gasteiger partial charge in [0.05, 0.1) is 10.9 Å². The first-order valence-corrected chi connectivity index (χ1v) is 12.3. The van der Waals surface area contributed by atoms with Crippen LogP contribution in [0.5, 0.6) is 0 Å². The Morgan fingerprint density at radius 3 is 2.42 bits per heavy atom. The molecule has 1 saturated carbocycles. The van der Waals surface area contributed by atoms with Gasteiger partial charge in [0.1, 0.15) is 0 Å². The standard InChI is InChI=1S/C27H31N3O2S/c1-19(20-9-5-4-6-10-20)30(27(32)25-13-8-16-33-25)18-22-17-23(14-15-24(22)29(2)3)28-26(31)21-11-7-12-21/h4-6,8-10,13-17,19,21H,7,11-12,18H2,1-3H3,(H,28,31). The van der Waals surface area contributed by atoms with E-state index >= 15 is 0 Å². The first kappa shape index (κ1) is 23.1. The lowest BCUT2D eigenvalue weighted by Gasteiger charge is -2.31. The Morgan fingerprint density at radius 1 is 1.06 bits per heavy atom. The van der Waals surface area contributed by atoms with Crippen molar-refractivity contribution in [3.63, 3.8) is 0 Å². The molecule has 1 aliphatic rings. The van der Waals surface area contributed by atoms with Gasteiger partial charge in [-0.2, -0.15) is 0 Å². The Hall–Kier alpha value is -3.12. The van der Waals surface area contributed by atoms with E-state index in [1.807, 2.05) is 77.8 Å². The van der Waals surface area contributed by atoms with E-state index in [1.165, 1.54) is 11.3 Å². The second kappa shape index (κ2) is 10.2. The van der Waals surface area contributed by atoms with Crippen molar-refractivity contribution >= 4 is 34.5 Å². The molecule has 0 saturated heterocycles. The number of benzene rings is 2. The summed E-state index contributed by atoms with van der Waals surface area (Å²) in [5, 5.41) is 5.01. The Balaban J connectivity index is 1.66. The summed E-state index contributed by atoms with van der Waals surface area (Å²) in [7, 11) is 4.00. The normalized spacial score (nSPS) is 14.3. The van der Waals surface area contributed by atoms with E-state index in [2.05, 4.69) is 24.4 Å². The molecule has 1 fully saturated rings. The summed E-state index contributed by atoms with van der Waals surface area (Å²) < 4.78 is 0. The first-order valence-electron chi connectivity index (χ1n) is 11.4. The number of hydrogen-bond acceptors (Lipinski definition) is 4. The number of amides is 2. The summed E-state index contributed by atoms with van der Waals surface area (Å²) in [6, 6.07) is 19.8. The summed E-state index contributed by atoms with van der Waals surface area (Å²) in [6.07, 6.45) is 3.05. The summed E-state index contributed by atoms with van der Waals surface area (Å²) in [4.78, 5) is 30.8. The van der Waals surface area contributed by atoms with Crippen molar-refractivity contribution < 1.29 is 9.59 Å². The SMILES string of the molecule is CC(c1ccccc1)N(Cc1cc(NC(=O)C2CCC2)ccc1N(C)C)C(=O)c1cccs1. The van der Waals surface area contributed by atoms with Crippen LogP contribution in [0.4, 0.5) is 11.4 Å². The lowest BCUT2D eigenvalue weighted by molar-refractivity contribution is -0.122. The van der Waals surface area contributed by atoms with E-state index in [1.54, 1.807) is 0 Å². The maximum Gasteiger partial charge on any atom is 0.264 e. The lowest BCUT2D eigenvalue weighted by Crippen LogP contribution is -2.33. The maximum absolute atomic E-state index is 13.6. The predicted octanol–water partition coefficient (Wildman–Crippen LogP) is 5.96. The predicted molar refractivity (Wildman–Crippen MR) is 136 cm³/mol. The van der Waals surface area contributed by atoms with Crippen molar-refractivity contribution in [2.24, 2.45) is 5.92 Å². The molecule has 0 aliphatic heterocycles. The van der Waals surface area contributed by atoms with E-state index < -0.39 is 0 Å². The third kappa shape index (κ3) is 5.28. The summed E-state index contributed by atoms with van der Waals surface area (Å²) in [5.41, 5.74) is 3.90. The van der Waals surface area contributed by atoms with Gasteiger partial charge >= 0.3 is 0 Å². The minimum absolute atomic E-state index is 0.00923. The number of hydrogen-bond donors (Lipinski definition) is 1. The smallest absolute Gasteiger partial charge is 0.264 e. The van der Waals surface area contributed by atoms with Crippen molar-refractivity contribution in [2.75, 3.05) is 24.3 Å². The first-order chi connectivity index (χ1) is 15.9. The fraction of sp³-hybridized carbons (Fsp3) is 0.333. The molecule has 1 aromatic heterocycles. The number of carbonyl (C=O) groups is 2. The average molecular weight is 462 g/mol. The number of nitrogens with one attached hydrogen (secondary N) is 1. The van der Waals surface area contributed by atoms with Crippen LogP contribution in [-0.2, 0) is 11.3 Å². The van der Waals surface area contributed by atoms with Crippen LogP contribution in [-0.4, -0.2) is 30.8 Å². The van der Waals surface area contributed by atoms with Gasteiger partial charge in [0, 0.05) is 37.9 Å². The molecule has 1 N–H and O–H groups in total. The highest BCUT2D eigenvalue weighted by Crippen LogP contribution is 2.32. The molecule has 33 heavy (non-hydrogen) atoms. The summed E-state index contributed by atoms with van der Waals surface area (Å²) in [5.74, 6) is 0.223. The fourth-order valence-electron chi connectivity index (χ4n) is 4.16.